The molecule has 1 aromatic rings. The molecule has 1 amide bonds. The van der Waals surface area contributed by atoms with Crippen molar-refractivity contribution in [2.24, 2.45) is 11.1 Å². The summed E-state index contributed by atoms with van der Waals surface area (Å²) in [7, 11) is 0. The fourth-order valence-electron chi connectivity index (χ4n) is 2.28. The van der Waals surface area contributed by atoms with Gasteiger partial charge >= 0.3 is 0 Å². The summed E-state index contributed by atoms with van der Waals surface area (Å²) in [5.74, 6) is -0.0850. The van der Waals surface area contributed by atoms with E-state index >= 15 is 0 Å². The minimum atomic E-state index is -0.452. The molecule has 0 spiro atoms. The summed E-state index contributed by atoms with van der Waals surface area (Å²) in [6.45, 7) is 2.07. The highest BCUT2D eigenvalue weighted by Crippen LogP contribution is 2.41. The molecule has 1 aliphatic rings. The minimum Gasteiger partial charge on any atom is -0.329 e. The zero-order chi connectivity index (χ0) is 14.0. The van der Waals surface area contributed by atoms with Gasteiger partial charge in [0.25, 0.3) is 5.69 Å². The van der Waals surface area contributed by atoms with E-state index in [2.05, 4.69) is 5.32 Å². The molecule has 1 aromatic carbocycles. The van der Waals surface area contributed by atoms with Gasteiger partial charge in [-0.2, -0.15) is 0 Å². The Morgan fingerprint density at radius 1 is 1.53 bits per heavy atom. The van der Waals surface area contributed by atoms with Gasteiger partial charge in [0.2, 0.25) is 5.91 Å². The average molecular weight is 263 g/mol. The highest BCUT2D eigenvalue weighted by molar-refractivity contribution is 5.96. The van der Waals surface area contributed by atoms with Crippen molar-refractivity contribution in [3.05, 3.63) is 33.9 Å². The number of anilines is 1. The van der Waals surface area contributed by atoms with Crippen LogP contribution >= 0.6 is 0 Å². The van der Waals surface area contributed by atoms with E-state index in [-0.39, 0.29) is 11.6 Å². The minimum absolute atomic E-state index is 0.0210. The Morgan fingerprint density at radius 2 is 2.21 bits per heavy atom. The van der Waals surface area contributed by atoms with Crippen LogP contribution in [-0.4, -0.2) is 17.4 Å². The Morgan fingerprint density at radius 3 is 2.63 bits per heavy atom. The molecule has 0 heterocycles. The topological polar surface area (TPSA) is 98.3 Å². The van der Waals surface area contributed by atoms with Gasteiger partial charge in [0.1, 0.15) is 0 Å². The molecule has 6 heteroatoms. The first-order chi connectivity index (χ1) is 8.98. The average Bonchev–Trinajstić information content (AvgIpc) is 2.30. The van der Waals surface area contributed by atoms with Crippen molar-refractivity contribution in [1.29, 1.82) is 0 Å². The van der Waals surface area contributed by atoms with Gasteiger partial charge in [-0.1, -0.05) is 6.42 Å². The van der Waals surface area contributed by atoms with Crippen LogP contribution in [0.5, 0.6) is 0 Å². The van der Waals surface area contributed by atoms with E-state index in [0.717, 1.165) is 19.3 Å². The van der Waals surface area contributed by atoms with E-state index in [1.807, 2.05) is 0 Å². The fourth-order valence-corrected chi connectivity index (χ4v) is 2.28. The number of hydrogen-bond acceptors (Lipinski definition) is 4. The van der Waals surface area contributed by atoms with Gasteiger partial charge in [-0.15, -0.1) is 0 Å². The Labute approximate surface area is 111 Å². The molecule has 19 heavy (non-hydrogen) atoms. The molecule has 1 saturated carbocycles. The number of nitro groups is 1. The second-order valence-corrected chi connectivity index (χ2v) is 5.05. The summed E-state index contributed by atoms with van der Waals surface area (Å²) in [6, 6.07) is 4.40. The molecule has 0 radical (unpaired) electrons. The monoisotopic (exact) mass is 263 g/mol. The lowest BCUT2D eigenvalue weighted by molar-refractivity contribution is -0.384. The summed E-state index contributed by atoms with van der Waals surface area (Å²) < 4.78 is 0. The predicted molar refractivity (Wildman–Crippen MR) is 71.8 cm³/mol. The van der Waals surface area contributed by atoms with Gasteiger partial charge in [0.05, 0.1) is 10.3 Å². The van der Waals surface area contributed by atoms with Crippen molar-refractivity contribution in [2.45, 2.75) is 26.2 Å². The van der Waals surface area contributed by atoms with E-state index in [1.165, 1.54) is 12.1 Å². The summed E-state index contributed by atoms with van der Waals surface area (Å²) in [4.78, 5) is 22.4. The number of non-ortho nitro benzene ring substituents is 1. The quantitative estimate of drug-likeness (QED) is 0.640. The van der Waals surface area contributed by atoms with Crippen molar-refractivity contribution in [3.8, 4) is 0 Å². The molecule has 0 atom stereocenters. The van der Waals surface area contributed by atoms with E-state index in [4.69, 9.17) is 5.73 Å². The number of nitrogens with zero attached hydrogens (tertiary/aromatic N) is 1. The van der Waals surface area contributed by atoms with Crippen molar-refractivity contribution < 1.29 is 9.72 Å². The third-order valence-corrected chi connectivity index (χ3v) is 3.85. The van der Waals surface area contributed by atoms with Gasteiger partial charge in [-0.3, -0.25) is 14.9 Å². The van der Waals surface area contributed by atoms with Crippen molar-refractivity contribution in [1.82, 2.24) is 0 Å². The van der Waals surface area contributed by atoms with E-state index < -0.39 is 10.3 Å². The summed E-state index contributed by atoms with van der Waals surface area (Å²) in [6.07, 6.45) is 2.63. The van der Waals surface area contributed by atoms with Crippen LogP contribution in [0.2, 0.25) is 0 Å². The summed E-state index contributed by atoms with van der Waals surface area (Å²) >= 11 is 0. The molecule has 0 bridgehead atoms. The number of benzene rings is 1. The van der Waals surface area contributed by atoms with E-state index in [1.54, 1.807) is 13.0 Å². The second kappa shape index (κ2) is 4.97. The van der Waals surface area contributed by atoms with Crippen molar-refractivity contribution >= 4 is 17.3 Å². The molecule has 2 rings (SSSR count). The van der Waals surface area contributed by atoms with Gasteiger partial charge in [-0.25, -0.2) is 0 Å². The first-order valence-electron chi connectivity index (χ1n) is 6.25. The number of carbonyl (C=O) groups excluding carboxylic acids is 1. The maximum absolute atomic E-state index is 12.2. The van der Waals surface area contributed by atoms with Crippen LogP contribution in [0.1, 0.15) is 24.8 Å². The lowest BCUT2D eigenvalue weighted by Gasteiger charge is -2.39. The zero-order valence-corrected chi connectivity index (χ0v) is 10.8. The molecule has 102 valence electrons. The molecular formula is C13H17N3O3. The first kappa shape index (κ1) is 13.5. The number of hydrogen-bond donors (Lipinski definition) is 2. The maximum Gasteiger partial charge on any atom is 0.269 e. The standard InChI is InChI=1S/C13H17N3O3/c1-9-7-10(16(18)19)3-4-11(9)15-12(17)13(8-14)5-2-6-13/h3-4,7H,2,5-6,8,14H2,1H3,(H,15,17). The molecule has 0 saturated heterocycles. The van der Waals surface area contributed by atoms with Crippen LogP contribution in [0.15, 0.2) is 18.2 Å². The van der Waals surface area contributed by atoms with Gasteiger partial charge in [-0.05, 0) is 31.4 Å². The first-order valence-corrected chi connectivity index (χ1v) is 6.25. The molecule has 1 aliphatic carbocycles. The van der Waals surface area contributed by atoms with Gasteiger partial charge in [0.15, 0.2) is 0 Å². The smallest absolute Gasteiger partial charge is 0.269 e. The highest BCUT2D eigenvalue weighted by atomic mass is 16.6. The SMILES string of the molecule is Cc1cc([N+](=O)[O-])ccc1NC(=O)C1(CN)CCC1. The molecule has 0 aromatic heterocycles. The Kier molecular flexibility index (Phi) is 3.53. The summed E-state index contributed by atoms with van der Waals surface area (Å²) in [5.41, 5.74) is 6.53. The van der Waals surface area contributed by atoms with Gasteiger partial charge < -0.3 is 11.1 Å². The van der Waals surface area contributed by atoms with E-state index in [9.17, 15) is 14.9 Å². The lowest BCUT2D eigenvalue weighted by Crippen LogP contribution is -2.47. The Balaban J connectivity index is 2.15. The van der Waals surface area contributed by atoms with Crippen LogP contribution in [0.4, 0.5) is 11.4 Å². The normalized spacial score (nSPS) is 16.5. The molecule has 1 fully saturated rings. The number of amides is 1. The number of nitro benzene ring substituents is 1. The number of nitrogens with two attached hydrogens (primary N) is 1. The van der Waals surface area contributed by atoms with Crippen LogP contribution < -0.4 is 11.1 Å². The maximum atomic E-state index is 12.2. The number of nitrogens with one attached hydrogen (secondary N) is 1. The highest BCUT2D eigenvalue weighted by Gasteiger charge is 2.42. The number of aryl methyl sites for hydroxylation is 1. The largest absolute Gasteiger partial charge is 0.329 e. The predicted octanol–water partition coefficient (Wildman–Crippen LogP) is 1.97. The molecule has 6 nitrogen and oxygen atoms in total. The molecule has 0 unspecified atom stereocenters. The summed E-state index contributed by atoms with van der Waals surface area (Å²) in [5, 5.41) is 13.5. The fraction of sp³-hybridized carbons (Fsp3) is 0.462. The Bertz CT molecular complexity index is 518. The van der Waals surface area contributed by atoms with Crippen molar-refractivity contribution in [2.75, 3.05) is 11.9 Å². The lowest BCUT2D eigenvalue weighted by atomic mass is 9.68. The Hall–Kier alpha value is -1.95. The van der Waals surface area contributed by atoms with Crippen LogP contribution in [0.25, 0.3) is 0 Å². The third-order valence-electron chi connectivity index (χ3n) is 3.85. The second-order valence-electron chi connectivity index (χ2n) is 5.05. The van der Waals surface area contributed by atoms with Crippen LogP contribution in [0, 0.1) is 22.5 Å². The van der Waals surface area contributed by atoms with Crippen molar-refractivity contribution in [3.63, 3.8) is 0 Å². The molecule has 3 N–H and O–H groups in total. The third kappa shape index (κ3) is 2.44. The molecule has 0 aliphatic heterocycles. The van der Waals surface area contributed by atoms with Crippen LogP contribution in [0.3, 0.4) is 0 Å². The van der Waals surface area contributed by atoms with Crippen LogP contribution in [-0.2, 0) is 4.79 Å². The van der Waals surface area contributed by atoms with Gasteiger partial charge in [0, 0.05) is 24.4 Å². The number of carbonyl (C=O) groups is 1. The molecular weight excluding hydrogens is 246 g/mol. The number of rotatable bonds is 4. The van der Waals surface area contributed by atoms with E-state index in [0.29, 0.717) is 17.8 Å². The zero-order valence-electron chi connectivity index (χ0n) is 10.8.